The van der Waals surface area contributed by atoms with Crippen molar-refractivity contribution in [2.24, 2.45) is 0 Å². The summed E-state index contributed by atoms with van der Waals surface area (Å²) < 4.78 is 74.6. The average molecular weight is 414 g/mol. The number of hydrogen-bond donors (Lipinski definition) is 1. The molecular weight excluding hydrogens is 399 g/mol. The number of anilines is 1. The molecule has 4 rings (SSSR count). The number of ether oxygens (including phenoxy) is 1. The molecule has 1 atom stereocenters. The minimum absolute atomic E-state index is 0.000787. The lowest BCUT2D eigenvalue weighted by Gasteiger charge is -2.31. The van der Waals surface area contributed by atoms with Gasteiger partial charge in [-0.25, -0.2) is 28.4 Å². The molecule has 0 spiro atoms. The van der Waals surface area contributed by atoms with E-state index in [0.717, 1.165) is 23.3 Å². The van der Waals surface area contributed by atoms with Crippen molar-refractivity contribution in [3.8, 4) is 11.8 Å². The van der Waals surface area contributed by atoms with Gasteiger partial charge in [-0.3, -0.25) is 0 Å². The lowest BCUT2D eigenvalue weighted by molar-refractivity contribution is -0.137. The predicted octanol–water partition coefficient (Wildman–Crippen LogP) is 4.37. The summed E-state index contributed by atoms with van der Waals surface area (Å²) in [6.07, 6.45) is -1.92. The number of nitrogens with zero attached hydrogens (tertiary/aromatic N) is 5. The Morgan fingerprint density at radius 2 is 1.97 bits per heavy atom. The van der Waals surface area contributed by atoms with Gasteiger partial charge < -0.3 is 10.5 Å². The molecule has 0 saturated heterocycles. The Kier molecular flexibility index (Phi) is 4.50. The van der Waals surface area contributed by atoms with E-state index >= 15 is 0 Å². The highest BCUT2D eigenvalue weighted by atomic mass is 19.4. The molecule has 3 aromatic heterocycles. The van der Waals surface area contributed by atoms with Gasteiger partial charge >= 0.3 is 6.18 Å². The van der Waals surface area contributed by atoms with Gasteiger partial charge in [-0.1, -0.05) is 6.42 Å². The normalized spacial score (nSPS) is 19.4. The number of hydrogen-bond acceptors (Lipinski definition) is 6. The second-order valence-electron chi connectivity index (χ2n) is 6.71. The highest BCUT2D eigenvalue weighted by Crippen LogP contribution is 2.45. The van der Waals surface area contributed by atoms with Crippen LogP contribution in [-0.2, 0) is 6.18 Å². The van der Waals surface area contributed by atoms with Crippen molar-refractivity contribution < 1.29 is 26.7 Å². The molecule has 12 heteroatoms. The Morgan fingerprint density at radius 1 is 1.17 bits per heavy atom. The molecule has 1 aliphatic rings. The summed E-state index contributed by atoms with van der Waals surface area (Å²) in [6.45, 7) is 0. The fourth-order valence-electron chi connectivity index (χ4n) is 3.36. The zero-order valence-electron chi connectivity index (χ0n) is 14.8. The largest absolute Gasteiger partial charge is 0.420 e. The number of nitrogens with two attached hydrogens (primary N) is 1. The van der Waals surface area contributed by atoms with Crippen LogP contribution in [-0.4, -0.2) is 30.7 Å². The van der Waals surface area contributed by atoms with Crippen LogP contribution >= 0.6 is 0 Å². The lowest BCUT2D eigenvalue weighted by Crippen LogP contribution is -2.34. The zero-order valence-corrected chi connectivity index (χ0v) is 14.8. The van der Waals surface area contributed by atoms with Crippen molar-refractivity contribution in [1.29, 1.82) is 0 Å². The van der Waals surface area contributed by atoms with Crippen LogP contribution in [0.4, 0.5) is 27.8 Å². The van der Waals surface area contributed by atoms with E-state index in [9.17, 15) is 22.0 Å². The van der Waals surface area contributed by atoms with E-state index in [2.05, 4.69) is 20.1 Å². The molecule has 3 aromatic rings. The van der Waals surface area contributed by atoms with Crippen molar-refractivity contribution in [2.75, 3.05) is 5.73 Å². The van der Waals surface area contributed by atoms with Gasteiger partial charge in [0.2, 0.25) is 11.8 Å². The van der Waals surface area contributed by atoms with E-state index in [4.69, 9.17) is 10.5 Å². The number of aromatic nitrogens is 5. The minimum Gasteiger partial charge on any atom is -0.420 e. The Labute approximate surface area is 160 Å². The highest BCUT2D eigenvalue weighted by Gasteiger charge is 2.45. The Morgan fingerprint density at radius 3 is 2.69 bits per heavy atom. The first-order chi connectivity index (χ1) is 13.7. The van der Waals surface area contributed by atoms with Gasteiger partial charge in [0.05, 0.1) is 5.56 Å². The molecule has 0 aromatic carbocycles. The number of alkyl halides is 5. The first-order valence-electron chi connectivity index (χ1n) is 8.74. The summed E-state index contributed by atoms with van der Waals surface area (Å²) in [4.78, 5) is 11.5. The van der Waals surface area contributed by atoms with Crippen molar-refractivity contribution >= 4 is 16.9 Å². The lowest BCUT2D eigenvalue weighted by atomic mass is 9.91. The third kappa shape index (κ3) is 3.54. The minimum atomic E-state index is -4.62. The van der Waals surface area contributed by atoms with Crippen molar-refractivity contribution in [1.82, 2.24) is 24.7 Å². The van der Waals surface area contributed by atoms with E-state index in [1.165, 1.54) is 0 Å². The molecule has 2 N–H and O–H groups in total. The third-order valence-electron chi connectivity index (χ3n) is 4.76. The summed E-state index contributed by atoms with van der Waals surface area (Å²) in [5.41, 5.74) is 4.85. The number of halogens is 5. The van der Waals surface area contributed by atoms with Gasteiger partial charge in [0, 0.05) is 18.7 Å². The number of fused-ring (bicyclic) bond motifs is 1. The quantitative estimate of drug-likeness (QED) is 0.640. The standard InChI is InChI=1S/C17H15F5N6O/c18-16(19)5-2-1-3-10(16)28-15(12-13(23)25-8-26-14(12)27-28)29-11-7-9(4-6-24-11)17(20,21)22/h4,6-8,10H,1-3,5H2,(H2,23,25,26,27). The Bertz CT molecular complexity index is 1050. The topological polar surface area (TPSA) is 91.7 Å². The summed E-state index contributed by atoms with van der Waals surface area (Å²) in [6, 6.07) is 0.0858. The van der Waals surface area contributed by atoms with E-state index in [1.54, 1.807) is 0 Å². The fourth-order valence-corrected chi connectivity index (χ4v) is 3.36. The van der Waals surface area contributed by atoms with Gasteiger partial charge in [0.15, 0.2) is 5.65 Å². The summed E-state index contributed by atoms with van der Waals surface area (Å²) >= 11 is 0. The number of pyridine rings is 1. The number of rotatable bonds is 3. The van der Waals surface area contributed by atoms with Crippen LogP contribution in [0, 0.1) is 0 Å². The van der Waals surface area contributed by atoms with E-state index in [-0.39, 0.29) is 35.6 Å². The molecule has 154 valence electrons. The van der Waals surface area contributed by atoms with Gasteiger partial charge in [0.1, 0.15) is 23.6 Å². The van der Waals surface area contributed by atoms with Gasteiger partial charge in [-0.2, -0.15) is 13.2 Å². The summed E-state index contributed by atoms with van der Waals surface area (Å²) in [7, 11) is 0. The fraction of sp³-hybridized carbons (Fsp3) is 0.412. The second-order valence-corrected chi connectivity index (χ2v) is 6.71. The zero-order chi connectivity index (χ0) is 20.8. The molecule has 29 heavy (non-hydrogen) atoms. The molecule has 1 aliphatic carbocycles. The van der Waals surface area contributed by atoms with Gasteiger partial charge in [-0.05, 0) is 18.9 Å². The predicted molar refractivity (Wildman–Crippen MR) is 91.5 cm³/mol. The molecule has 7 nitrogen and oxygen atoms in total. The average Bonchev–Trinajstić information content (AvgIpc) is 3.00. The van der Waals surface area contributed by atoms with E-state index < -0.39 is 29.6 Å². The summed E-state index contributed by atoms with van der Waals surface area (Å²) in [5, 5.41) is 4.13. The van der Waals surface area contributed by atoms with Crippen molar-refractivity contribution in [2.45, 2.75) is 43.8 Å². The molecule has 1 unspecified atom stereocenters. The molecule has 1 fully saturated rings. The van der Waals surface area contributed by atoms with Crippen LogP contribution in [0.5, 0.6) is 11.8 Å². The van der Waals surface area contributed by atoms with Crippen LogP contribution in [0.2, 0.25) is 0 Å². The SMILES string of the molecule is Nc1ncnc2nn(C3CCCCC3(F)F)c(Oc3cc(C(F)(F)F)ccn3)c12. The second kappa shape index (κ2) is 6.78. The third-order valence-corrected chi connectivity index (χ3v) is 4.76. The Hall–Kier alpha value is -3.05. The van der Waals surface area contributed by atoms with E-state index in [0.29, 0.717) is 18.9 Å². The molecule has 0 aliphatic heterocycles. The van der Waals surface area contributed by atoms with Crippen LogP contribution in [0.3, 0.4) is 0 Å². The van der Waals surface area contributed by atoms with E-state index in [1.807, 2.05) is 0 Å². The monoisotopic (exact) mass is 414 g/mol. The van der Waals surface area contributed by atoms with Gasteiger partial charge in [0.25, 0.3) is 5.92 Å². The first-order valence-corrected chi connectivity index (χ1v) is 8.74. The van der Waals surface area contributed by atoms with Crippen LogP contribution < -0.4 is 10.5 Å². The van der Waals surface area contributed by atoms with Crippen LogP contribution in [0.25, 0.3) is 11.0 Å². The first kappa shape index (κ1) is 19.3. The molecule has 0 radical (unpaired) electrons. The molecule has 0 amide bonds. The maximum atomic E-state index is 14.6. The maximum absolute atomic E-state index is 14.6. The molecule has 0 bridgehead atoms. The maximum Gasteiger partial charge on any atom is 0.416 e. The Balaban J connectivity index is 1.85. The smallest absolute Gasteiger partial charge is 0.416 e. The van der Waals surface area contributed by atoms with Crippen molar-refractivity contribution in [3.05, 3.63) is 30.2 Å². The highest BCUT2D eigenvalue weighted by molar-refractivity contribution is 5.90. The van der Waals surface area contributed by atoms with Crippen LogP contribution in [0.15, 0.2) is 24.7 Å². The molecular formula is C17H15F5N6O. The summed E-state index contributed by atoms with van der Waals surface area (Å²) in [5.74, 6) is -3.88. The van der Waals surface area contributed by atoms with Crippen molar-refractivity contribution in [3.63, 3.8) is 0 Å². The van der Waals surface area contributed by atoms with Crippen LogP contribution in [0.1, 0.15) is 37.3 Å². The van der Waals surface area contributed by atoms with Gasteiger partial charge in [-0.15, -0.1) is 5.10 Å². The molecule has 3 heterocycles. The molecule has 1 saturated carbocycles. The number of nitrogen functional groups attached to an aromatic ring is 1.